The van der Waals surface area contributed by atoms with Crippen LogP contribution in [0.25, 0.3) is 0 Å². The third kappa shape index (κ3) is 35.5. The zero-order chi connectivity index (χ0) is 35.2. The van der Waals surface area contributed by atoms with Crippen molar-refractivity contribution in [3.63, 3.8) is 0 Å². The van der Waals surface area contributed by atoms with Crippen LogP contribution in [0, 0.1) is 0 Å². The predicted octanol–water partition coefficient (Wildman–Crippen LogP) is 12.7. The van der Waals surface area contributed by atoms with E-state index < -0.39 is 6.10 Å². The van der Waals surface area contributed by atoms with Gasteiger partial charge in [-0.25, -0.2) is 0 Å². The lowest BCUT2D eigenvalue weighted by Crippen LogP contribution is -2.30. The van der Waals surface area contributed by atoms with Gasteiger partial charge in [0.1, 0.15) is 13.2 Å². The molecule has 0 heterocycles. The number of hydrogen-bond donors (Lipinski definition) is 0. The predicted molar refractivity (Wildman–Crippen MR) is 201 cm³/mol. The van der Waals surface area contributed by atoms with Crippen molar-refractivity contribution >= 4 is 17.9 Å². The molecule has 0 saturated heterocycles. The number of carbonyl (C=O) groups is 3. The lowest BCUT2D eigenvalue weighted by Gasteiger charge is -2.18. The van der Waals surface area contributed by atoms with Gasteiger partial charge >= 0.3 is 17.9 Å². The zero-order valence-corrected chi connectivity index (χ0v) is 32.0. The summed E-state index contributed by atoms with van der Waals surface area (Å²) in [6.45, 7) is 6.54. The third-order valence-electron chi connectivity index (χ3n) is 9.02. The molecule has 6 nitrogen and oxygen atoms in total. The maximum Gasteiger partial charge on any atom is 0.306 e. The van der Waals surface area contributed by atoms with Crippen LogP contribution in [-0.4, -0.2) is 37.2 Å². The van der Waals surface area contributed by atoms with Crippen LogP contribution in [0.3, 0.4) is 0 Å². The van der Waals surface area contributed by atoms with Gasteiger partial charge in [0.15, 0.2) is 6.10 Å². The van der Waals surface area contributed by atoms with Crippen LogP contribution in [-0.2, 0) is 28.6 Å². The Morgan fingerprint density at radius 1 is 0.396 bits per heavy atom. The van der Waals surface area contributed by atoms with Gasteiger partial charge in [-0.2, -0.15) is 0 Å². The smallest absolute Gasteiger partial charge is 0.306 e. The second-order valence-corrected chi connectivity index (χ2v) is 13.9. The molecule has 282 valence electrons. The second kappa shape index (κ2) is 38.0. The van der Waals surface area contributed by atoms with Crippen molar-refractivity contribution in [3.05, 3.63) is 12.2 Å². The molecule has 0 aromatic rings. The van der Waals surface area contributed by atoms with Crippen LogP contribution in [0.1, 0.15) is 220 Å². The van der Waals surface area contributed by atoms with Crippen LogP contribution in [0.4, 0.5) is 0 Å². The van der Waals surface area contributed by atoms with Gasteiger partial charge in [-0.05, 0) is 44.9 Å². The van der Waals surface area contributed by atoms with E-state index in [0.29, 0.717) is 19.3 Å². The Balaban J connectivity index is 4.30. The minimum absolute atomic E-state index is 0.0703. The normalized spacial score (nSPS) is 12.0. The van der Waals surface area contributed by atoms with Gasteiger partial charge < -0.3 is 14.2 Å². The monoisotopic (exact) mass is 679 g/mol. The number of hydrogen-bond acceptors (Lipinski definition) is 6. The number of esters is 3. The number of ether oxygens (including phenoxy) is 3. The second-order valence-electron chi connectivity index (χ2n) is 13.9. The molecule has 0 N–H and O–H groups in total. The van der Waals surface area contributed by atoms with Crippen molar-refractivity contribution in [1.29, 1.82) is 0 Å². The molecule has 0 aliphatic heterocycles. The van der Waals surface area contributed by atoms with Gasteiger partial charge in [-0.3, -0.25) is 14.4 Å². The summed E-state index contributed by atoms with van der Waals surface area (Å²) in [6.07, 6.45) is 37.8. The van der Waals surface area contributed by atoms with E-state index in [4.69, 9.17) is 14.2 Å². The van der Waals surface area contributed by atoms with Crippen LogP contribution >= 0.6 is 0 Å². The molecule has 0 saturated carbocycles. The minimum atomic E-state index is -0.762. The highest BCUT2D eigenvalue weighted by Crippen LogP contribution is 2.14. The Morgan fingerprint density at radius 3 is 1.06 bits per heavy atom. The first kappa shape index (κ1) is 46.1. The fourth-order valence-electron chi connectivity index (χ4n) is 5.85. The van der Waals surface area contributed by atoms with E-state index in [-0.39, 0.29) is 31.1 Å². The fraction of sp³-hybridized carbons (Fsp3) is 0.881. The Morgan fingerprint density at radius 2 is 0.688 bits per heavy atom. The topological polar surface area (TPSA) is 78.9 Å². The molecule has 0 rings (SSSR count). The Labute approximate surface area is 297 Å². The summed E-state index contributed by atoms with van der Waals surface area (Å²) in [5, 5.41) is 0. The molecule has 48 heavy (non-hydrogen) atoms. The molecule has 0 spiro atoms. The van der Waals surface area contributed by atoms with Gasteiger partial charge in [0, 0.05) is 19.3 Å². The van der Waals surface area contributed by atoms with E-state index in [1.807, 2.05) is 0 Å². The Bertz CT molecular complexity index is 748. The summed E-state index contributed by atoms with van der Waals surface area (Å²) in [5.41, 5.74) is 0. The van der Waals surface area contributed by atoms with Crippen LogP contribution in [0.2, 0.25) is 0 Å². The average molecular weight is 679 g/mol. The summed E-state index contributed by atoms with van der Waals surface area (Å²) in [5.74, 6) is -0.887. The lowest BCUT2D eigenvalue weighted by atomic mass is 10.1. The lowest BCUT2D eigenvalue weighted by molar-refractivity contribution is -0.167. The molecule has 1 atom stereocenters. The van der Waals surface area contributed by atoms with Gasteiger partial charge in [0.05, 0.1) is 0 Å². The van der Waals surface area contributed by atoms with Gasteiger partial charge in [-0.1, -0.05) is 168 Å². The molecule has 0 amide bonds. The first-order valence-electron chi connectivity index (χ1n) is 20.7. The largest absolute Gasteiger partial charge is 0.462 e. The summed E-state index contributed by atoms with van der Waals surface area (Å²) in [4.78, 5) is 37.3. The van der Waals surface area contributed by atoms with Crippen molar-refractivity contribution < 1.29 is 28.6 Å². The highest BCUT2D eigenvalue weighted by molar-refractivity contribution is 5.71. The average Bonchev–Trinajstić information content (AvgIpc) is 3.08. The maximum atomic E-state index is 12.6. The molecule has 0 bridgehead atoms. The first-order valence-corrected chi connectivity index (χ1v) is 20.7. The minimum Gasteiger partial charge on any atom is -0.462 e. The molecule has 0 aromatic heterocycles. The fourth-order valence-corrected chi connectivity index (χ4v) is 5.85. The SMILES string of the molecule is CCCCCC/C=C\CCCCCCCC(=O)OCC(COC(=O)CCCCCCCC)OC(=O)CCCCCCCCCCCCC. The first-order chi connectivity index (χ1) is 23.5. The summed E-state index contributed by atoms with van der Waals surface area (Å²) < 4.78 is 16.6. The molecule has 6 heteroatoms. The quantitative estimate of drug-likeness (QED) is 0.0282. The maximum absolute atomic E-state index is 12.6. The number of unbranched alkanes of at least 4 members (excludes halogenated alkanes) is 24. The van der Waals surface area contributed by atoms with E-state index in [2.05, 4.69) is 32.9 Å². The van der Waals surface area contributed by atoms with Crippen molar-refractivity contribution in [1.82, 2.24) is 0 Å². The van der Waals surface area contributed by atoms with Gasteiger partial charge in [-0.15, -0.1) is 0 Å². The van der Waals surface area contributed by atoms with Crippen LogP contribution < -0.4 is 0 Å². The highest BCUT2D eigenvalue weighted by atomic mass is 16.6. The highest BCUT2D eigenvalue weighted by Gasteiger charge is 2.19. The van der Waals surface area contributed by atoms with Crippen LogP contribution in [0.5, 0.6) is 0 Å². The molecule has 0 aromatic carbocycles. The molecular weight excluding hydrogens is 600 g/mol. The van der Waals surface area contributed by atoms with Crippen molar-refractivity contribution in [2.75, 3.05) is 13.2 Å². The molecular formula is C42H78O6. The van der Waals surface area contributed by atoms with Crippen molar-refractivity contribution in [2.24, 2.45) is 0 Å². The zero-order valence-electron chi connectivity index (χ0n) is 32.0. The van der Waals surface area contributed by atoms with E-state index >= 15 is 0 Å². The summed E-state index contributed by atoms with van der Waals surface area (Å²) in [6, 6.07) is 0. The summed E-state index contributed by atoms with van der Waals surface area (Å²) >= 11 is 0. The van der Waals surface area contributed by atoms with Crippen LogP contribution in [0.15, 0.2) is 12.2 Å². The Hall–Kier alpha value is -1.85. The molecule has 0 aliphatic rings. The van der Waals surface area contributed by atoms with E-state index in [1.54, 1.807) is 0 Å². The molecule has 0 radical (unpaired) electrons. The van der Waals surface area contributed by atoms with Gasteiger partial charge in [0.2, 0.25) is 0 Å². The van der Waals surface area contributed by atoms with E-state index in [1.165, 1.54) is 116 Å². The molecule has 0 fully saturated rings. The third-order valence-corrected chi connectivity index (χ3v) is 9.02. The standard InChI is InChI=1S/C42H78O6/c1-4-7-10-13-16-18-20-21-23-24-26-29-32-35-41(44)47-38-39(37-46-40(43)34-31-28-15-12-9-6-3)48-42(45)36-33-30-27-25-22-19-17-14-11-8-5-2/h18,20,39H,4-17,19,21-38H2,1-3H3/b20-18-. The summed E-state index contributed by atoms with van der Waals surface area (Å²) in [7, 11) is 0. The van der Waals surface area contributed by atoms with E-state index in [9.17, 15) is 14.4 Å². The number of carbonyl (C=O) groups excluding carboxylic acids is 3. The number of rotatable bonds is 37. The van der Waals surface area contributed by atoms with Gasteiger partial charge in [0.25, 0.3) is 0 Å². The van der Waals surface area contributed by atoms with E-state index in [0.717, 1.165) is 64.2 Å². The van der Waals surface area contributed by atoms with Crippen molar-refractivity contribution in [2.45, 2.75) is 226 Å². The number of allylic oxidation sites excluding steroid dienone is 2. The molecule has 0 aliphatic carbocycles. The Kier molecular flexibility index (Phi) is 36.5. The van der Waals surface area contributed by atoms with Crippen molar-refractivity contribution in [3.8, 4) is 0 Å². The molecule has 1 unspecified atom stereocenters.